The quantitative estimate of drug-likeness (QED) is 0.550. The summed E-state index contributed by atoms with van der Waals surface area (Å²) < 4.78 is 115. The van der Waals surface area contributed by atoms with Gasteiger partial charge in [0, 0.05) is 12.8 Å². The molecule has 0 aliphatic rings. The van der Waals surface area contributed by atoms with Crippen molar-refractivity contribution < 1.29 is 49.0 Å². The monoisotopic (exact) mass is 320 g/mol. The lowest BCUT2D eigenvalue weighted by Crippen LogP contribution is -2.60. The first-order valence-electron chi connectivity index (χ1n) is 4.97. The summed E-state index contributed by atoms with van der Waals surface area (Å²) in [5, 5.41) is 0. The fourth-order valence-corrected chi connectivity index (χ4v) is 1.12. The van der Waals surface area contributed by atoms with Crippen LogP contribution in [0.3, 0.4) is 0 Å². The number of methoxy groups -OCH3 is 1. The second kappa shape index (κ2) is 5.68. The third kappa shape index (κ3) is 3.48. The summed E-state index contributed by atoms with van der Waals surface area (Å²) in [5.41, 5.74) is 0. The lowest BCUT2D eigenvalue weighted by atomic mass is 9.99. The fraction of sp³-hybridized carbons (Fsp3) is 0.889. The van der Waals surface area contributed by atoms with Crippen molar-refractivity contribution in [1.29, 1.82) is 0 Å². The minimum absolute atomic E-state index is 0.820. The summed E-state index contributed by atoms with van der Waals surface area (Å²) in [6.07, 6.45) is -10.7. The van der Waals surface area contributed by atoms with Gasteiger partial charge in [-0.15, -0.1) is 0 Å². The maximum atomic E-state index is 12.9. The van der Waals surface area contributed by atoms with Gasteiger partial charge >= 0.3 is 29.9 Å². The topological polar surface area (TPSA) is 26.3 Å². The zero-order chi connectivity index (χ0) is 16.4. The molecule has 0 aromatic rings. The molecular weight excluding hydrogens is 311 g/mol. The molecule has 0 aromatic carbocycles. The largest absolute Gasteiger partial charge is 0.469 e. The predicted molar refractivity (Wildman–Crippen MR) is 46.8 cm³/mol. The lowest BCUT2D eigenvalue weighted by molar-refractivity contribution is -0.396. The number of rotatable bonds is 6. The highest BCUT2D eigenvalue weighted by Crippen LogP contribution is 2.54. The molecule has 0 spiro atoms. The molecule has 0 amide bonds. The van der Waals surface area contributed by atoms with E-state index >= 15 is 0 Å². The van der Waals surface area contributed by atoms with Gasteiger partial charge in [0.15, 0.2) is 0 Å². The third-order valence-corrected chi connectivity index (χ3v) is 2.31. The van der Waals surface area contributed by atoms with Crippen LogP contribution in [0.2, 0.25) is 0 Å². The summed E-state index contributed by atoms with van der Waals surface area (Å²) in [6.45, 7) is 0. The van der Waals surface area contributed by atoms with Gasteiger partial charge in [0.25, 0.3) is 0 Å². The number of hydrogen-bond acceptors (Lipinski definition) is 2. The van der Waals surface area contributed by atoms with E-state index < -0.39 is 49.2 Å². The SMILES string of the molecule is COC(=O)CCCC(F)(F)C(F)(F)C(F)(F)C(F)(F)F. The second-order valence-corrected chi connectivity index (χ2v) is 3.78. The van der Waals surface area contributed by atoms with E-state index in [0.717, 1.165) is 7.11 Å². The van der Waals surface area contributed by atoms with E-state index in [0.29, 0.717) is 0 Å². The molecule has 120 valence electrons. The molecule has 0 rings (SSSR count). The van der Waals surface area contributed by atoms with Gasteiger partial charge in [-0.05, 0) is 6.42 Å². The van der Waals surface area contributed by atoms with E-state index in [4.69, 9.17) is 0 Å². The minimum atomic E-state index is -6.89. The average Bonchev–Trinajstić information content (AvgIpc) is 2.26. The summed E-state index contributed by atoms with van der Waals surface area (Å²) in [7, 11) is 0.854. The normalized spacial score (nSPS) is 14.3. The maximum Gasteiger partial charge on any atom is 0.460 e. The lowest BCUT2D eigenvalue weighted by Gasteiger charge is -2.33. The Morgan fingerprint density at radius 3 is 1.70 bits per heavy atom. The van der Waals surface area contributed by atoms with Crippen molar-refractivity contribution in [3.8, 4) is 0 Å². The van der Waals surface area contributed by atoms with Gasteiger partial charge in [0.1, 0.15) is 0 Å². The van der Waals surface area contributed by atoms with Crippen molar-refractivity contribution in [3.63, 3.8) is 0 Å². The summed E-state index contributed by atoms with van der Waals surface area (Å²) >= 11 is 0. The molecule has 20 heavy (non-hydrogen) atoms. The van der Waals surface area contributed by atoms with E-state index in [2.05, 4.69) is 4.74 Å². The Kier molecular flexibility index (Phi) is 5.35. The van der Waals surface area contributed by atoms with E-state index in [1.807, 2.05) is 0 Å². The standard InChI is InChI=1S/C9H9F9O2/c1-20-5(19)3-2-4-6(10,11)7(12,13)8(14,15)9(16,17)18/h2-4H2,1H3. The second-order valence-electron chi connectivity index (χ2n) is 3.78. The number of halogens is 9. The molecule has 0 bridgehead atoms. The molecule has 0 radical (unpaired) electrons. The van der Waals surface area contributed by atoms with Gasteiger partial charge in [-0.3, -0.25) is 4.79 Å². The van der Waals surface area contributed by atoms with E-state index in [1.54, 1.807) is 0 Å². The van der Waals surface area contributed by atoms with Crippen molar-refractivity contribution in [1.82, 2.24) is 0 Å². The van der Waals surface area contributed by atoms with Crippen LogP contribution in [-0.4, -0.2) is 37.0 Å². The molecule has 0 fully saturated rings. The Labute approximate surface area is 106 Å². The first-order chi connectivity index (χ1) is 8.70. The van der Waals surface area contributed by atoms with Crippen LogP contribution in [-0.2, 0) is 9.53 Å². The molecule has 2 nitrogen and oxygen atoms in total. The molecule has 0 saturated heterocycles. The third-order valence-electron chi connectivity index (χ3n) is 2.31. The number of carbonyl (C=O) groups excluding carboxylic acids is 1. The van der Waals surface area contributed by atoms with Crippen molar-refractivity contribution >= 4 is 5.97 Å². The molecule has 0 aliphatic heterocycles. The smallest absolute Gasteiger partial charge is 0.460 e. The zero-order valence-corrected chi connectivity index (χ0v) is 9.84. The van der Waals surface area contributed by atoms with Crippen LogP contribution in [0.1, 0.15) is 19.3 Å². The van der Waals surface area contributed by atoms with Crippen LogP contribution in [0.5, 0.6) is 0 Å². The van der Waals surface area contributed by atoms with Gasteiger partial charge in [0.05, 0.1) is 7.11 Å². The Morgan fingerprint density at radius 1 is 0.900 bits per heavy atom. The molecule has 0 N–H and O–H groups in total. The van der Waals surface area contributed by atoms with Crippen LogP contribution in [0.4, 0.5) is 39.5 Å². The van der Waals surface area contributed by atoms with Crippen LogP contribution in [0.25, 0.3) is 0 Å². The number of alkyl halides is 9. The van der Waals surface area contributed by atoms with Gasteiger partial charge < -0.3 is 4.74 Å². The molecule has 0 aromatic heterocycles. The summed E-state index contributed by atoms with van der Waals surface area (Å²) in [6, 6.07) is 0. The van der Waals surface area contributed by atoms with Crippen molar-refractivity contribution in [2.75, 3.05) is 7.11 Å². The van der Waals surface area contributed by atoms with Crippen molar-refractivity contribution in [2.45, 2.75) is 43.2 Å². The first-order valence-corrected chi connectivity index (χ1v) is 4.97. The van der Waals surface area contributed by atoms with E-state index in [9.17, 15) is 44.3 Å². The Balaban J connectivity index is 5.03. The van der Waals surface area contributed by atoms with E-state index in [-0.39, 0.29) is 0 Å². The molecule has 0 atom stereocenters. The van der Waals surface area contributed by atoms with Crippen molar-refractivity contribution in [3.05, 3.63) is 0 Å². The number of esters is 1. The maximum absolute atomic E-state index is 12.9. The number of hydrogen-bond donors (Lipinski definition) is 0. The zero-order valence-electron chi connectivity index (χ0n) is 9.84. The molecule has 0 saturated carbocycles. The highest BCUT2D eigenvalue weighted by atomic mass is 19.4. The Morgan fingerprint density at radius 2 is 1.35 bits per heavy atom. The van der Waals surface area contributed by atoms with Crippen LogP contribution in [0.15, 0.2) is 0 Å². The number of carbonyl (C=O) groups is 1. The predicted octanol–water partition coefficient (Wildman–Crippen LogP) is 3.80. The molecule has 0 heterocycles. The number of ether oxygens (including phenoxy) is 1. The highest BCUT2D eigenvalue weighted by molar-refractivity contribution is 5.68. The molecule has 11 heteroatoms. The van der Waals surface area contributed by atoms with Crippen molar-refractivity contribution in [2.24, 2.45) is 0 Å². The Hall–Kier alpha value is -1.16. The van der Waals surface area contributed by atoms with Crippen LogP contribution < -0.4 is 0 Å². The molecular formula is C9H9F9O2. The Bertz CT molecular complexity index is 348. The van der Waals surface area contributed by atoms with Crippen LogP contribution in [0, 0.1) is 0 Å². The fourth-order valence-electron chi connectivity index (χ4n) is 1.12. The average molecular weight is 320 g/mol. The minimum Gasteiger partial charge on any atom is -0.469 e. The first kappa shape index (κ1) is 18.8. The highest BCUT2D eigenvalue weighted by Gasteiger charge is 2.81. The van der Waals surface area contributed by atoms with E-state index in [1.165, 1.54) is 0 Å². The van der Waals surface area contributed by atoms with Gasteiger partial charge in [-0.1, -0.05) is 0 Å². The van der Waals surface area contributed by atoms with Gasteiger partial charge in [0.2, 0.25) is 0 Å². The van der Waals surface area contributed by atoms with Gasteiger partial charge in [-0.25, -0.2) is 0 Å². The summed E-state index contributed by atoms with van der Waals surface area (Å²) in [5.74, 6) is -20.3. The molecule has 0 unspecified atom stereocenters. The summed E-state index contributed by atoms with van der Waals surface area (Å²) in [4.78, 5) is 10.5. The van der Waals surface area contributed by atoms with Gasteiger partial charge in [-0.2, -0.15) is 39.5 Å². The van der Waals surface area contributed by atoms with Crippen LogP contribution >= 0.6 is 0 Å². The molecule has 0 aliphatic carbocycles.